The van der Waals surface area contributed by atoms with Crippen molar-refractivity contribution in [1.82, 2.24) is 0 Å². The molecule has 0 fully saturated rings. The Morgan fingerprint density at radius 1 is 1.12 bits per heavy atom. The number of Topliss-reactive ketones (excluding diaryl/α,β-unsaturated/α-hetero) is 1. The Labute approximate surface area is 107 Å². The van der Waals surface area contributed by atoms with E-state index in [1.165, 1.54) is 19.1 Å². The number of halogens is 2. The van der Waals surface area contributed by atoms with E-state index in [1.54, 1.807) is 6.07 Å². The number of ketones is 1. The summed E-state index contributed by atoms with van der Waals surface area (Å²) in [5.41, 5.74) is 1.69. The van der Waals surface area contributed by atoms with Gasteiger partial charge in [0.1, 0.15) is 5.82 Å². The third-order valence-corrected chi connectivity index (χ3v) is 3.23. The van der Waals surface area contributed by atoms with E-state index in [2.05, 4.69) is 15.9 Å². The molecule has 0 saturated heterocycles. The van der Waals surface area contributed by atoms with E-state index in [-0.39, 0.29) is 11.6 Å². The molecule has 0 heterocycles. The molecule has 1 nitrogen and oxygen atoms in total. The number of rotatable bonds is 2. The monoisotopic (exact) mass is 292 g/mol. The van der Waals surface area contributed by atoms with E-state index < -0.39 is 0 Å². The fourth-order valence-electron chi connectivity index (χ4n) is 1.63. The Bertz CT molecular complexity index is 578. The molecule has 0 saturated carbocycles. The average Bonchev–Trinajstić information content (AvgIpc) is 2.30. The van der Waals surface area contributed by atoms with Crippen LogP contribution in [0.5, 0.6) is 0 Å². The molecule has 0 atom stereocenters. The van der Waals surface area contributed by atoms with Gasteiger partial charge < -0.3 is 0 Å². The molecule has 2 rings (SSSR count). The van der Waals surface area contributed by atoms with Crippen LogP contribution in [0, 0.1) is 5.82 Å². The maximum absolute atomic E-state index is 13.8. The van der Waals surface area contributed by atoms with Gasteiger partial charge in [-0.2, -0.15) is 0 Å². The molecule has 0 bridgehead atoms. The normalized spacial score (nSPS) is 10.3. The van der Waals surface area contributed by atoms with Crippen LogP contribution in [0.4, 0.5) is 4.39 Å². The van der Waals surface area contributed by atoms with Gasteiger partial charge in [-0.1, -0.05) is 34.1 Å². The quantitative estimate of drug-likeness (QED) is 0.747. The first-order valence-electron chi connectivity index (χ1n) is 5.15. The van der Waals surface area contributed by atoms with Crippen LogP contribution < -0.4 is 0 Å². The number of hydrogen-bond acceptors (Lipinski definition) is 1. The summed E-state index contributed by atoms with van der Waals surface area (Å²) in [6.45, 7) is 1.47. The zero-order chi connectivity index (χ0) is 12.4. The topological polar surface area (TPSA) is 17.1 Å². The summed E-state index contributed by atoms with van der Waals surface area (Å²) < 4.78 is 14.6. The van der Waals surface area contributed by atoms with Gasteiger partial charge in [-0.25, -0.2) is 4.39 Å². The van der Waals surface area contributed by atoms with E-state index in [0.717, 1.165) is 10.0 Å². The van der Waals surface area contributed by atoms with Crippen LogP contribution in [0.3, 0.4) is 0 Å². The van der Waals surface area contributed by atoms with Crippen molar-refractivity contribution in [2.24, 2.45) is 0 Å². The van der Waals surface area contributed by atoms with Crippen molar-refractivity contribution < 1.29 is 9.18 Å². The van der Waals surface area contributed by atoms with Crippen molar-refractivity contribution in [3.8, 4) is 11.1 Å². The summed E-state index contributed by atoms with van der Waals surface area (Å²) in [6, 6.07) is 11.8. The molecule has 0 aromatic heterocycles. The summed E-state index contributed by atoms with van der Waals surface area (Å²) in [5.74, 6) is -0.403. The average molecular weight is 293 g/mol. The van der Waals surface area contributed by atoms with Gasteiger partial charge in [0, 0.05) is 15.6 Å². The minimum absolute atomic E-state index is 0.0710. The summed E-state index contributed by atoms with van der Waals surface area (Å²) >= 11 is 3.38. The molecule has 0 aliphatic heterocycles. The van der Waals surface area contributed by atoms with Gasteiger partial charge in [-0.05, 0) is 36.8 Å². The summed E-state index contributed by atoms with van der Waals surface area (Å²) in [5, 5.41) is 0. The standard InChI is InChI=1S/C14H10BrFO/c1-9(17)10-6-7-14(16)12(8-10)11-4-2-3-5-13(11)15/h2-8H,1H3. The van der Waals surface area contributed by atoms with Gasteiger partial charge in [-0.15, -0.1) is 0 Å². The van der Waals surface area contributed by atoms with E-state index in [1.807, 2.05) is 24.3 Å². The van der Waals surface area contributed by atoms with E-state index >= 15 is 0 Å². The first-order chi connectivity index (χ1) is 8.09. The molecule has 0 amide bonds. The highest BCUT2D eigenvalue weighted by Crippen LogP contribution is 2.30. The van der Waals surface area contributed by atoms with Gasteiger partial charge in [0.2, 0.25) is 0 Å². The van der Waals surface area contributed by atoms with Gasteiger partial charge in [0.05, 0.1) is 0 Å². The lowest BCUT2D eigenvalue weighted by molar-refractivity contribution is 0.101. The second-order valence-electron chi connectivity index (χ2n) is 3.73. The molecule has 86 valence electrons. The zero-order valence-corrected chi connectivity index (χ0v) is 10.8. The highest BCUT2D eigenvalue weighted by molar-refractivity contribution is 9.10. The van der Waals surface area contributed by atoms with Crippen molar-refractivity contribution in [1.29, 1.82) is 0 Å². The number of benzene rings is 2. The molecule has 0 unspecified atom stereocenters. The fourth-order valence-corrected chi connectivity index (χ4v) is 2.13. The molecule has 2 aromatic carbocycles. The molecule has 0 aliphatic carbocycles. The largest absolute Gasteiger partial charge is 0.295 e. The summed E-state index contributed by atoms with van der Waals surface area (Å²) in [7, 11) is 0. The maximum Gasteiger partial charge on any atom is 0.159 e. The van der Waals surface area contributed by atoms with Crippen LogP contribution in [-0.2, 0) is 0 Å². The molecular weight excluding hydrogens is 283 g/mol. The predicted molar refractivity (Wildman–Crippen MR) is 69.5 cm³/mol. The maximum atomic E-state index is 13.8. The molecule has 0 aliphatic rings. The van der Waals surface area contributed by atoms with Crippen LogP contribution >= 0.6 is 15.9 Å². The SMILES string of the molecule is CC(=O)c1ccc(F)c(-c2ccccc2Br)c1. The zero-order valence-electron chi connectivity index (χ0n) is 9.21. The van der Waals surface area contributed by atoms with Crippen molar-refractivity contribution >= 4 is 21.7 Å². The molecule has 3 heteroatoms. The van der Waals surface area contributed by atoms with Crippen LogP contribution in [0.15, 0.2) is 46.9 Å². The van der Waals surface area contributed by atoms with Gasteiger partial charge in [-0.3, -0.25) is 4.79 Å². The third kappa shape index (κ3) is 2.44. The van der Waals surface area contributed by atoms with Gasteiger partial charge in [0.15, 0.2) is 5.78 Å². The van der Waals surface area contributed by atoms with Crippen molar-refractivity contribution in [3.05, 3.63) is 58.3 Å². The number of hydrogen-bond donors (Lipinski definition) is 0. The molecule has 2 aromatic rings. The Kier molecular flexibility index (Phi) is 3.38. The van der Waals surface area contributed by atoms with Crippen molar-refractivity contribution in [2.45, 2.75) is 6.92 Å². The Morgan fingerprint density at radius 2 is 1.82 bits per heavy atom. The lowest BCUT2D eigenvalue weighted by Gasteiger charge is -2.07. The first kappa shape index (κ1) is 12.0. The highest BCUT2D eigenvalue weighted by atomic mass is 79.9. The van der Waals surface area contributed by atoms with Crippen molar-refractivity contribution in [3.63, 3.8) is 0 Å². The smallest absolute Gasteiger partial charge is 0.159 e. The molecule has 17 heavy (non-hydrogen) atoms. The predicted octanol–water partition coefficient (Wildman–Crippen LogP) is 4.46. The second kappa shape index (κ2) is 4.80. The van der Waals surface area contributed by atoms with Crippen molar-refractivity contribution in [2.75, 3.05) is 0 Å². The van der Waals surface area contributed by atoms with Crippen LogP contribution in [0.25, 0.3) is 11.1 Å². The van der Waals surface area contributed by atoms with Gasteiger partial charge in [0.25, 0.3) is 0 Å². The Hall–Kier alpha value is -1.48. The summed E-state index contributed by atoms with van der Waals surface area (Å²) in [4.78, 5) is 11.3. The minimum atomic E-state index is -0.332. The molecule has 0 N–H and O–H groups in total. The first-order valence-corrected chi connectivity index (χ1v) is 5.94. The third-order valence-electron chi connectivity index (χ3n) is 2.54. The van der Waals surface area contributed by atoms with Crippen LogP contribution in [0.2, 0.25) is 0 Å². The van der Waals surface area contributed by atoms with Gasteiger partial charge >= 0.3 is 0 Å². The number of carbonyl (C=O) groups is 1. The fraction of sp³-hybridized carbons (Fsp3) is 0.0714. The second-order valence-corrected chi connectivity index (χ2v) is 4.58. The molecule has 0 spiro atoms. The van der Waals surface area contributed by atoms with Crippen LogP contribution in [-0.4, -0.2) is 5.78 Å². The minimum Gasteiger partial charge on any atom is -0.295 e. The number of carbonyl (C=O) groups excluding carboxylic acids is 1. The summed E-state index contributed by atoms with van der Waals surface area (Å²) in [6.07, 6.45) is 0. The van der Waals surface area contributed by atoms with E-state index in [9.17, 15) is 9.18 Å². The Balaban J connectivity index is 2.63. The lowest BCUT2D eigenvalue weighted by Crippen LogP contribution is -1.94. The van der Waals surface area contributed by atoms with E-state index in [4.69, 9.17) is 0 Å². The lowest BCUT2D eigenvalue weighted by atomic mass is 10.0. The Morgan fingerprint density at radius 3 is 2.47 bits per heavy atom. The van der Waals surface area contributed by atoms with E-state index in [0.29, 0.717) is 11.1 Å². The molecule has 0 radical (unpaired) electrons. The molecular formula is C14H10BrFO. The highest BCUT2D eigenvalue weighted by Gasteiger charge is 2.10. The van der Waals surface area contributed by atoms with Crippen LogP contribution in [0.1, 0.15) is 17.3 Å².